The molecule has 1 unspecified atom stereocenters. The number of methoxy groups -OCH3 is 1. The second kappa shape index (κ2) is 3.12. The summed E-state index contributed by atoms with van der Waals surface area (Å²) in [5, 5.41) is 10.0. The summed E-state index contributed by atoms with van der Waals surface area (Å²) in [5.41, 5.74) is 0. The minimum Gasteiger partial charge on any atom is -0.382 e. The predicted molar refractivity (Wildman–Crippen MR) is 22.0 cm³/mol. The molecule has 0 rings (SSSR count). The zero-order chi connectivity index (χ0) is 4.99. The molecular formula is C4H9O2. The first-order chi connectivity index (χ1) is 2.77. The van der Waals surface area contributed by atoms with Gasteiger partial charge >= 0.3 is 0 Å². The van der Waals surface area contributed by atoms with Gasteiger partial charge in [0.2, 0.25) is 0 Å². The number of ether oxygens (including phenoxy) is 1. The van der Waals surface area contributed by atoms with Crippen LogP contribution in [0.5, 0.6) is 0 Å². The molecule has 2 nitrogen and oxygen atoms in total. The van der Waals surface area contributed by atoms with Crippen molar-refractivity contribution >= 4 is 0 Å². The molecule has 0 aromatic carbocycles. The van der Waals surface area contributed by atoms with E-state index in [0.29, 0.717) is 6.61 Å². The molecule has 0 saturated carbocycles. The third kappa shape index (κ3) is 3.92. The number of hydrogen-bond acceptors (Lipinski definition) is 1. The van der Waals surface area contributed by atoms with Crippen molar-refractivity contribution in [2.45, 2.75) is 13.0 Å². The standard InChI is InChI=1S/C4H9O2/c1-4(5)3-6-2/h4H,3H2,1-2H3. The minimum atomic E-state index is -0.574. The van der Waals surface area contributed by atoms with E-state index in [0.717, 1.165) is 0 Å². The third-order valence-corrected chi connectivity index (χ3v) is 0.401. The fourth-order valence-corrected chi connectivity index (χ4v) is 0.235. The van der Waals surface area contributed by atoms with E-state index >= 15 is 0 Å². The van der Waals surface area contributed by atoms with Gasteiger partial charge in [-0.2, -0.15) is 0 Å². The highest BCUT2D eigenvalue weighted by Crippen LogP contribution is 1.77. The van der Waals surface area contributed by atoms with Gasteiger partial charge in [-0.1, -0.05) is 0 Å². The van der Waals surface area contributed by atoms with Crippen molar-refractivity contribution < 1.29 is 9.84 Å². The maximum Gasteiger partial charge on any atom is 0.113 e. The van der Waals surface area contributed by atoms with E-state index in [1.807, 2.05) is 0 Å². The molecule has 0 aromatic heterocycles. The number of rotatable bonds is 2. The van der Waals surface area contributed by atoms with Gasteiger partial charge in [0.15, 0.2) is 0 Å². The number of hydrogen-bond donors (Lipinski definition) is 0. The van der Waals surface area contributed by atoms with Crippen LogP contribution in [0.2, 0.25) is 0 Å². The zero-order valence-corrected chi connectivity index (χ0v) is 4.10. The van der Waals surface area contributed by atoms with Crippen molar-refractivity contribution in [3.8, 4) is 0 Å². The first-order valence-electron chi connectivity index (χ1n) is 1.92. The molecule has 0 heterocycles. The Bertz CT molecular complexity index is 26.7. The average Bonchev–Trinajstić information content (AvgIpc) is 1.35. The molecule has 0 aliphatic carbocycles. The molecule has 37 valence electrons. The highest BCUT2D eigenvalue weighted by molar-refractivity contribution is 4.36. The molecule has 0 amide bonds. The van der Waals surface area contributed by atoms with E-state index in [-0.39, 0.29) is 0 Å². The SMILES string of the molecule is COCC(C)[O]. The smallest absolute Gasteiger partial charge is 0.113 e. The quantitative estimate of drug-likeness (QED) is 0.483. The van der Waals surface area contributed by atoms with Crippen molar-refractivity contribution in [1.29, 1.82) is 0 Å². The first-order valence-corrected chi connectivity index (χ1v) is 1.92. The largest absolute Gasteiger partial charge is 0.382 e. The summed E-state index contributed by atoms with van der Waals surface area (Å²) in [7, 11) is 1.52. The molecule has 0 aromatic rings. The van der Waals surface area contributed by atoms with Crippen LogP contribution in [0, 0.1) is 0 Å². The van der Waals surface area contributed by atoms with E-state index < -0.39 is 6.10 Å². The molecule has 0 fully saturated rings. The maximum absolute atomic E-state index is 10.0. The summed E-state index contributed by atoms with van der Waals surface area (Å²) < 4.78 is 4.49. The van der Waals surface area contributed by atoms with Crippen molar-refractivity contribution in [2.24, 2.45) is 0 Å². The van der Waals surface area contributed by atoms with Crippen molar-refractivity contribution in [3.63, 3.8) is 0 Å². The van der Waals surface area contributed by atoms with Crippen LogP contribution >= 0.6 is 0 Å². The summed E-state index contributed by atoms with van der Waals surface area (Å²) in [5.74, 6) is 0. The van der Waals surface area contributed by atoms with Gasteiger partial charge in [0.25, 0.3) is 0 Å². The highest BCUT2D eigenvalue weighted by atomic mass is 16.5. The Hall–Kier alpha value is -0.0800. The predicted octanol–water partition coefficient (Wildman–Crippen LogP) is 0.452. The van der Waals surface area contributed by atoms with Crippen LogP contribution in [0.3, 0.4) is 0 Å². The van der Waals surface area contributed by atoms with E-state index in [1.54, 1.807) is 6.92 Å². The van der Waals surface area contributed by atoms with Crippen LogP contribution in [0.1, 0.15) is 6.92 Å². The second-order valence-electron chi connectivity index (χ2n) is 1.27. The third-order valence-electron chi connectivity index (χ3n) is 0.401. The highest BCUT2D eigenvalue weighted by Gasteiger charge is 1.90. The van der Waals surface area contributed by atoms with Crippen LogP contribution in [-0.2, 0) is 9.84 Å². The normalized spacial score (nSPS) is 14.5. The molecular weight excluding hydrogens is 80.0 g/mol. The molecule has 0 spiro atoms. The fraction of sp³-hybridized carbons (Fsp3) is 1.00. The Labute approximate surface area is 37.7 Å². The van der Waals surface area contributed by atoms with Crippen molar-refractivity contribution in [1.82, 2.24) is 0 Å². The average molecular weight is 89.1 g/mol. The fourth-order valence-electron chi connectivity index (χ4n) is 0.235. The molecule has 0 aliphatic rings. The first kappa shape index (κ1) is 5.92. The molecule has 1 radical (unpaired) electrons. The Morgan fingerprint density at radius 1 is 1.83 bits per heavy atom. The summed E-state index contributed by atoms with van der Waals surface area (Å²) >= 11 is 0. The molecule has 0 aliphatic heterocycles. The lowest BCUT2D eigenvalue weighted by atomic mass is 10.5. The van der Waals surface area contributed by atoms with E-state index in [1.165, 1.54) is 7.11 Å². The van der Waals surface area contributed by atoms with E-state index in [2.05, 4.69) is 4.74 Å². The van der Waals surface area contributed by atoms with Gasteiger partial charge in [0.05, 0.1) is 6.61 Å². The van der Waals surface area contributed by atoms with Crippen LogP contribution in [0.4, 0.5) is 0 Å². The molecule has 2 heteroatoms. The Morgan fingerprint density at radius 2 is 2.33 bits per heavy atom. The van der Waals surface area contributed by atoms with Gasteiger partial charge in [0.1, 0.15) is 6.10 Å². The van der Waals surface area contributed by atoms with Crippen molar-refractivity contribution in [2.75, 3.05) is 13.7 Å². The van der Waals surface area contributed by atoms with Crippen molar-refractivity contribution in [3.05, 3.63) is 0 Å². The zero-order valence-electron chi connectivity index (χ0n) is 4.10. The molecule has 0 saturated heterocycles. The van der Waals surface area contributed by atoms with Gasteiger partial charge in [-0.15, -0.1) is 0 Å². The van der Waals surface area contributed by atoms with Gasteiger partial charge in [-0.25, -0.2) is 5.11 Å². The topological polar surface area (TPSA) is 29.1 Å². The summed E-state index contributed by atoms with van der Waals surface area (Å²) in [6.07, 6.45) is -0.574. The second-order valence-corrected chi connectivity index (χ2v) is 1.27. The minimum absolute atomic E-state index is 0.319. The monoisotopic (exact) mass is 89.1 g/mol. The maximum atomic E-state index is 10.0. The van der Waals surface area contributed by atoms with E-state index in [4.69, 9.17) is 0 Å². The molecule has 0 N–H and O–H groups in total. The Kier molecular flexibility index (Phi) is 3.08. The van der Waals surface area contributed by atoms with Crippen LogP contribution in [0.15, 0.2) is 0 Å². The van der Waals surface area contributed by atoms with Gasteiger partial charge < -0.3 is 4.74 Å². The van der Waals surface area contributed by atoms with Crippen LogP contribution in [0.25, 0.3) is 0 Å². The Morgan fingerprint density at radius 3 is 2.33 bits per heavy atom. The lowest BCUT2D eigenvalue weighted by Crippen LogP contribution is -2.05. The van der Waals surface area contributed by atoms with Gasteiger partial charge in [-0.3, -0.25) is 0 Å². The van der Waals surface area contributed by atoms with Gasteiger partial charge in [-0.05, 0) is 6.92 Å². The lowest BCUT2D eigenvalue weighted by Gasteiger charge is -1.94. The molecule has 6 heavy (non-hydrogen) atoms. The van der Waals surface area contributed by atoms with Crippen LogP contribution < -0.4 is 0 Å². The summed E-state index contributed by atoms with van der Waals surface area (Å²) in [4.78, 5) is 0. The van der Waals surface area contributed by atoms with Crippen LogP contribution in [-0.4, -0.2) is 19.8 Å². The lowest BCUT2D eigenvalue weighted by molar-refractivity contribution is 0.0280. The van der Waals surface area contributed by atoms with E-state index in [9.17, 15) is 5.11 Å². The summed E-state index contributed by atoms with van der Waals surface area (Å²) in [6.45, 7) is 1.89. The summed E-state index contributed by atoms with van der Waals surface area (Å²) in [6, 6.07) is 0. The molecule has 0 bridgehead atoms. The van der Waals surface area contributed by atoms with Gasteiger partial charge in [0, 0.05) is 7.11 Å². The molecule has 1 atom stereocenters. The Balaban J connectivity index is 2.63.